The van der Waals surface area contributed by atoms with Crippen molar-refractivity contribution in [3.8, 4) is 11.8 Å². The molecule has 3 amide bonds. The third kappa shape index (κ3) is 8.33. The molecule has 9 rings (SSSR count). The Morgan fingerprint density at radius 1 is 1.03 bits per heavy atom. The molecule has 1 aromatic carbocycles. The molecule has 2 N–H and O–H groups in total. The van der Waals surface area contributed by atoms with Crippen molar-refractivity contribution >= 4 is 45.9 Å². The maximum atomic E-state index is 14.3. The second-order valence-corrected chi connectivity index (χ2v) is 16.8. The monoisotopic (exact) mass is 852 g/mol. The molecule has 1 aliphatic carbocycles. The van der Waals surface area contributed by atoms with E-state index < -0.39 is 30.0 Å². The van der Waals surface area contributed by atoms with Gasteiger partial charge in [0.1, 0.15) is 17.4 Å². The molecule has 326 valence electrons. The quantitative estimate of drug-likeness (QED) is 0.165. The predicted octanol–water partition coefficient (Wildman–Crippen LogP) is 3.37. The van der Waals surface area contributed by atoms with Crippen LogP contribution < -0.4 is 21.2 Å². The van der Waals surface area contributed by atoms with Gasteiger partial charge in [-0.2, -0.15) is 10.2 Å². The molecule has 19 heteroatoms. The largest absolute Gasteiger partial charge is 0.375 e. The van der Waals surface area contributed by atoms with Crippen molar-refractivity contribution in [1.82, 2.24) is 48.6 Å². The summed E-state index contributed by atoms with van der Waals surface area (Å²) in [6.07, 6.45) is 5.78. The van der Waals surface area contributed by atoms with Crippen molar-refractivity contribution < 1.29 is 27.9 Å². The maximum Gasteiger partial charge on any atom is 0.329 e. The van der Waals surface area contributed by atoms with E-state index in [1.807, 2.05) is 25.1 Å². The number of hydrogen-bond donors (Lipinski definition) is 2. The van der Waals surface area contributed by atoms with E-state index >= 15 is 0 Å². The fourth-order valence-corrected chi connectivity index (χ4v) is 9.36. The van der Waals surface area contributed by atoms with Gasteiger partial charge in [-0.25, -0.2) is 23.1 Å². The first-order valence-corrected chi connectivity index (χ1v) is 21.4. The molecule has 4 fully saturated rings. The van der Waals surface area contributed by atoms with Crippen molar-refractivity contribution in [2.45, 2.75) is 70.1 Å². The normalized spacial score (nSPS) is 22.9. The lowest BCUT2D eigenvalue weighted by Crippen LogP contribution is -2.48. The summed E-state index contributed by atoms with van der Waals surface area (Å²) in [7, 11) is 1.67. The number of hydrogen-bond acceptors (Lipinski definition) is 11. The lowest BCUT2D eigenvalue weighted by atomic mass is 9.85. The number of morpholine rings is 1. The molecule has 17 nitrogen and oxygen atoms in total. The molecular weight excluding hydrogens is 803 g/mol. The minimum atomic E-state index is -2.87. The number of piperidine rings is 1. The molecule has 3 saturated heterocycles. The highest BCUT2D eigenvalue weighted by atomic mass is 19.3. The SMILES string of the molecule is CC1CN(c2ccn3ncc(C(=O)Nc4cn([C@H]5CC[C@H](CN6CCN(CC#Cc7cccc8c7n(C)c(=O)n8C7CCC(=O)NC7=O)CC6)CC5)nc4C(F)F)c3n2)CCO1. The number of benzene rings is 1. The summed E-state index contributed by atoms with van der Waals surface area (Å²) in [5, 5.41) is 13.6. The van der Waals surface area contributed by atoms with Crippen molar-refractivity contribution in [2.75, 3.05) is 69.2 Å². The fourth-order valence-electron chi connectivity index (χ4n) is 9.36. The number of piperazine rings is 1. The Morgan fingerprint density at radius 3 is 2.58 bits per heavy atom. The zero-order valence-electron chi connectivity index (χ0n) is 34.8. The second kappa shape index (κ2) is 17.4. The number of anilines is 2. The Labute approximate surface area is 356 Å². The molecule has 0 radical (unpaired) electrons. The molecule has 0 spiro atoms. The Morgan fingerprint density at radius 2 is 1.82 bits per heavy atom. The minimum absolute atomic E-state index is 0.0151. The molecule has 1 saturated carbocycles. The number of alkyl halides is 2. The van der Waals surface area contributed by atoms with Crippen molar-refractivity contribution in [2.24, 2.45) is 13.0 Å². The average Bonchev–Trinajstić information content (AvgIpc) is 3.96. The van der Waals surface area contributed by atoms with Gasteiger partial charge in [0.25, 0.3) is 12.3 Å². The van der Waals surface area contributed by atoms with E-state index in [2.05, 4.69) is 47.4 Å². The molecule has 0 bridgehead atoms. The van der Waals surface area contributed by atoms with Gasteiger partial charge < -0.3 is 19.9 Å². The van der Waals surface area contributed by atoms with Gasteiger partial charge in [-0.05, 0) is 63.1 Å². The summed E-state index contributed by atoms with van der Waals surface area (Å²) >= 11 is 0. The maximum absolute atomic E-state index is 14.3. The molecule has 4 aliphatic rings. The molecule has 4 aromatic heterocycles. The number of imidazole rings is 1. The van der Waals surface area contributed by atoms with Crippen molar-refractivity contribution in [3.05, 3.63) is 70.2 Å². The number of nitrogens with one attached hydrogen (secondary N) is 2. The van der Waals surface area contributed by atoms with Crippen molar-refractivity contribution in [3.63, 3.8) is 0 Å². The number of carbonyl (C=O) groups excluding carboxylic acids is 3. The Kier molecular flexibility index (Phi) is 11.6. The van der Waals surface area contributed by atoms with Gasteiger partial charge in [0, 0.05) is 71.7 Å². The van der Waals surface area contributed by atoms with E-state index in [0.29, 0.717) is 60.2 Å². The standard InChI is InChI=1S/C43H50F2N12O5/c1-27-24-54(21-22-62-27)35-14-16-55-40(48-35)31(23-46-55)41(59)47-32-26-56(50-37(32)39(44)45)30-10-8-28(9-11-30)25-53-19-17-52(18-20-53)15-4-6-29-5-3-7-33-38(29)51(2)43(61)57(33)34-12-13-36(58)49-42(34)60/h3,5,7,14,16,23,26-28,30,34,39H,8-13,15,17-22,24-25H2,1-2H3,(H,47,59)(H,49,58,60)/t27?,28-,30-,34?. The summed E-state index contributed by atoms with van der Waals surface area (Å²) in [5.74, 6) is 6.36. The van der Waals surface area contributed by atoms with Crippen LogP contribution in [0.25, 0.3) is 16.7 Å². The van der Waals surface area contributed by atoms with Gasteiger partial charge in [0.2, 0.25) is 11.8 Å². The highest BCUT2D eigenvalue weighted by Gasteiger charge is 2.32. The van der Waals surface area contributed by atoms with Crippen LogP contribution >= 0.6 is 0 Å². The minimum Gasteiger partial charge on any atom is -0.375 e. The van der Waals surface area contributed by atoms with Crippen LogP contribution in [0.15, 0.2) is 47.7 Å². The van der Waals surface area contributed by atoms with Crippen LogP contribution in [-0.2, 0) is 21.4 Å². The first-order valence-electron chi connectivity index (χ1n) is 21.4. The lowest BCUT2D eigenvalue weighted by Gasteiger charge is -2.37. The number of amides is 3. The number of halogens is 2. The van der Waals surface area contributed by atoms with E-state index in [-0.39, 0.29) is 47.8 Å². The van der Waals surface area contributed by atoms with Crippen LogP contribution in [0.3, 0.4) is 0 Å². The highest BCUT2D eigenvalue weighted by Crippen LogP contribution is 2.36. The number of aromatic nitrogens is 7. The number of ether oxygens (including phenoxy) is 1. The number of fused-ring (bicyclic) bond motifs is 2. The fraction of sp³-hybridized carbons (Fsp3) is 0.512. The van der Waals surface area contributed by atoms with Gasteiger partial charge in [-0.1, -0.05) is 17.9 Å². The average molecular weight is 853 g/mol. The zero-order valence-corrected chi connectivity index (χ0v) is 34.8. The third-order valence-electron chi connectivity index (χ3n) is 12.7. The highest BCUT2D eigenvalue weighted by molar-refractivity contribution is 6.08. The van der Waals surface area contributed by atoms with Gasteiger partial charge in [-0.3, -0.25) is 38.4 Å². The summed E-state index contributed by atoms with van der Waals surface area (Å²) in [4.78, 5) is 62.7. The van der Waals surface area contributed by atoms with Crippen molar-refractivity contribution in [1.29, 1.82) is 0 Å². The van der Waals surface area contributed by atoms with E-state index in [4.69, 9.17) is 9.72 Å². The smallest absolute Gasteiger partial charge is 0.329 e. The van der Waals surface area contributed by atoms with Crippen LogP contribution in [0.2, 0.25) is 0 Å². The molecule has 5 aromatic rings. The molecule has 62 heavy (non-hydrogen) atoms. The van der Waals surface area contributed by atoms with Gasteiger partial charge in [-0.15, -0.1) is 0 Å². The summed E-state index contributed by atoms with van der Waals surface area (Å²) in [5.41, 5.74) is 1.70. The topological polar surface area (TPSA) is 169 Å². The number of imide groups is 1. The number of aryl methyl sites for hydroxylation is 1. The molecule has 2 atom stereocenters. The zero-order chi connectivity index (χ0) is 43.1. The van der Waals surface area contributed by atoms with Crippen LogP contribution in [0.4, 0.5) is 20.3 Å². The predicted molar refractivity (Wildman–Crippen MR) is 225 cm³/mol. The first-order chi connectivity index (χ1) is 30.0. The number of carbonyl (C=O) groups is 3. The van der Waals surface area contributed by atoms with Crippen LogP contribution in [0.1, 0.15) is 85.6 Å². The summed E-state index contributed by atoms with van der Waals surface area (Å²) in [6.45, 7) is 9.00. The Bertz CT molecular complexity index is 2620. The van der Waals surface area contributed by atoms with Crippen LogP contribution in [-0.4, -0.2) is 126 Å². The van der Waals surface area contributed by atoms with Crippen LogP contribution in [0, 0.1) is 17.8 Å². The molecular formula is C43H50F2N12O5. The van der Waals surface area contributed by atoms with E-state index in [1.54, 1.807) is 24.0 Å². The van der Waals surface area contributed by atoms with E-state index in [9.17, 15) is 28.0 Å². The number of rotatable bonds is 9. The molecule has 2 unspecified atom stereocenters. The summed E-state index contributed by atoms with van der Waals surface area (Å²) in [6, 6.07) is 6.55. The number of nitrogens with zero attached hydrogens (tertiary/aromatic N) is 10. The van der Waals surface area contributed by atoms with Crippen LogP contribution in [0.5, 0.6) is 0 Å². The Hall–Kier alpha value is -5.97. The lowest BCUT2D eigenvalue weighted by molar-refractivity contribution is -0.135. The number of para-hydroxylation sites is 1. The van der Waals surface area contributed by atoms with E-state index in [0.717, 1.165) is 58.4 Å². The second-order valence-electron chi connectivity index (χ2n) is 16.8. The van der Waals surface area contributed by atoms with Gasteiger partial charge in [0.15, 0.2) is 11.3 Å². The van der Waals surface area contributed by atoms with Gasteiger partial charge in [0.05, 0.1) is 53.8 Å². The first kappa shape index (κ1) is 41.4. The van der Waals surface area contributed by atoms with Gasteiger partial charge >= 0.3 is 5.69 Å². The Balaban J connectivity index is 0.769. The molecule has 3 aliphatic heterocycles. The van der Waals surface area contributed by atoms with E-state index in [1.165, 1.54) is 26.0 Å². The molecule has 7 heterocycles. The summed E-state index contributed by atoms with van der Waals surface area (Å²) < 4.78 is 40.3. The third-order valence-corrected chi connectivity index (χ3v) is 12.7.